The SMILES string of the molecule is CCC#CC(=O)N(c1ccc2c(cnn2CC(C)(C)O)n1)c1cc(C)c(I)cc1C1CC1. The van der Waals surface area contributed by atoms with Gasteiger partial charge in [0.1, 0.15) is 11.3 Å². The summed E-state index contributed by atoms with van der Waals surface area (Å²) >= 11 is 2.35. The largest absolute Gasteiger partial charge is 0.389 e. The Kier molecular flexibility index (Phi) is 6.28. The summed E-state index contributed by atoms with van der Waals surface area (Å²) in [4.78, 5) is 19.7. The van der Waals surface area contributed by atoms with Crippen molar-refractivity contribution in [2.45, 2.75) is 65.0 Å². The normalized spacial score (nSPS) is 13.7. The van der Waals surface area contributed by atoms with Crippen LogP contribution in [0.1, 0.15) is 57.1 Å². The van der Waals surface area contributed by atoms with E-state index in [1.807, 2.05) is 19.1 Å². The zero-order chi connectivity index (χ0) is 23.0. The lowest BCUT2D eigenvalue weighted by molar-refractivity contribution is -0.112. The molecule has 0 atom stereocenters. The molecular weight excluding hydrogens is 515 g/mol. The first kappa shape index (κ1) is 22.7. The van der Waals surface area contributed by atoms with Crippen molar-refractivity contribution in [3.8, 4) is 11.8 Å². The first-order valence-corrected chi connectivity index (χ1v) is 11.9. The lowest BCUT2D eigenvalue weighted by atomic mass is 10.0. The number of aromatic nitrogens is 3. The van der Waals surface area contributed by atoms with Crippen LogP contribution < -0.4 is 4.90 Å². The third-order valence-corrected chi connectivity index (χ3v) is 6.55. The van der Waals surface area contributed by atoms with E-state index in [9.17, 15) is 9.90 Å². The minimum atomic E-state index is -0.896. The number of benzene rings is 1. The van der Waals surface area contributed by atoms with Crippen LogP contribution in [0.5, 0.6) is 0 Å². The molecule has 2 heterocycles. The molecule has 3 aromatic rings. The van der Waals surface area contributed by atoms with Gasteiger partial charge in [-0.25, -0.2) is 4.98 Å². The summed E-state index contributed by atoms with van der Waals surface area (Å²) in [5.41, 5.74) is 3.73. The molecule has 1 amide bonds. The number of nitrogens with zero attached hydrogens (tertiary/aromatic N) is 4. The third-order valence-electron chi connectivity index (χ3n) is 5.39. The standard InChI is InChI=1S/C25H27IN4O2/c1-5-6-7-24(31)30(22-12-16(2)19(26)13-18(22)17-8-9-17)23-11-10-21-20(28-23)14-27-29(21)15-25(3,4)32/h10-14,17,32H,5,8-9,15H2,1-4H3. The van der Waals surface area contributed by atoms with Gasteiger partial charge in [-0.15, -0.1) is 0 Å². The Morgan fingerprint density at radius 1 is 1.34 bits per heavy atom. The summed E-state index contributed by atoms with van der Waals surface area (Å²) in [6, 6.07) is 8.00. The highest BCUT2D eigenvalue weighted by Crippen LogP contribution is 2.46. The fourth-order valence-electron chi connectivity index (χ4n) is 3.73. The van der Waals surface area contributed by atoms with Gasteiger partial charge in [0.15, 0.2) is 0 Å². The van der Waals surface area contributed by atoms with Gasteiger partial charge in [0, 0.05) is 9.99 Å². The van der Waals surface area contributed by atoms with Crippen LogP contribution in [0.25, 0.3) is 11.0 Å². The number of carbonyl (C=O) groups is 1. The van der Waals surface area contributed by atoms with Crippen molar-refractivity contribution in [1.82, 2.24) is 14.8 Å². The molecule has 0 spiro atoms. The molecule has 1 aliphatic carbocycles. The van der Waals surface area contributed by atoms with Crippen LogP contribution in [0.3, 0.4) is 0 Å². The smallest absolute Gasteiger partial charge is 0.308 e. The van der Waals surface area contributed by atoms with Gasteiger partial charge in [-0.3, -0.25) is 14.4 Å². The number of halogens is 1. The number of amides is 1. The second-order valence-corrected chi connectivity index (χ2v) is 10.1. The topological polar surface area (TPSA) is 71.2 Å². The van der Waals surface area contributed by atoms with Crippen LogP contribution in [0.4, 0.5) is 11.5 Å². The number of aliphatic hydroxyl groups is 1. The summed E-state index contributed by atoms with van der Waals surface area (Å²) in [6.45, 7) is 7.82. The van der Waals surface area contributed by atoms with Crippen LogP contribution in [-0.4, -0.2) is 31.4 Å². The van der Waals surface area contributed by atoms with Crippen molar-refractivity contribution in [1.29, 1.82) is 0 Å². The summed E-state index contributed by atoms with van der Waals surface area (Å²) in [7, 11) is 0. The van der Waals surface area contributed by atoms with Crippen LogP contribution in [0.15, 0.2) is 30.5 Å². The minimum Gasteiger partial charge on any atom is -0.389 e. The molecule has 2 aromatic heterocycles. The summed E-state index contributed by atoms with van der Waals surface area (Å²) in [5, 5.41) is 14.6. The van der Waals surface area contributed by atoms with E-state index in [-0.39, 0.29) is 5.91 Å². The van der Waals surface area contributed by atoms with E-state index in [0.717, 1.165) is 29.6 Å². The van der Waals surface area contributed by atoms with Crippen LogP contribution in [0.2, 0.25) is 0 Å². The Morgan fingerprint density at radius 2 is 2.09 bits per heavy atom. The quantitative estimate of drug-likeness (QED) is 0.361. The summed E-state index contributed by atoms with van der Waals surface area (Å²) < 4.78 is 2.93. The van der Waals surface area contributed by atoms with E-state index in [2.05, 4.69) is 58.6 Å². The molecule has 0 bridgehead atoms. The highest BCUT2D eigenvalue weighted by molar-refractivity contribution is 14.1. The maximum absolute atomic E-state index is 13.3. The van der Waals surface area contributed by atoms with Crippen LogP contribution in [-0.2, 0) is 11.3 Å². The molecule has 0 aliphatic heterocycles. The fourth-order valence-corrected chi connectivity index (χ4v) is 4.22. The second kappa shape index (κ2) is 8.83. The molecule has 1 aromatic carbocycles. The first-order chi connectivity index (χ1) is 15.2. The van der Waals surface area contributed by atoms with Crippen molar-refractivity contribution < 1.29 is 9.90 Å². The van der Waals surface area contributed by atoms with E-state index >= 15 is 0 Å². The van der Waals surface area contributed by atoms with E-state index in [0.29, 0.717) is 30.2 Å². The Bertz CT molecular complexity index is 1240. The molecule has 0 radical (unpaired) electrons. The number of rotatable bonds is 5. The number of aryl methyl sites for hydroxylation is 1. The maximum atomic E-state index is 13.3. The van der Waals surface area contributed by atoms with Crippen molar-refractivity contribution in [2.24, 2.45) is 0 Å². The van der Waals surface area contributed by atoms with E-state index in [1.165, 1.54) is 9.13 Å². The molecular formula is C25H27IN4O2. The molecule has 4 rings (SSSR count). The molecule has 6 nitrogen and oxygen atoms in total. The van der Waals surface area contributed by atoms with Crippen LogP contribution in [0, 0.1) is 22.3 Å². The molecule has 32 heavy (non-hydrogen) atoms. The highest BCUT2D eigenvalue weighted by Gasteiger charge is 2.31. The van der Waals surface area contributed by atoms with Crippen molar-refractivity contribution >= 4 is 51.0 Å². The predicted octanol–water partition coefficient (Wildman–Crippen LogP) is 5.07. The molecule has 7 heteroatoms. The van der Waals surface area contributed by atoms with E-state index < -0.39 is 5.60 Å². The summed E-state index contributed by atoms with van der Waals surface area (Å²) in [5.74, 6) is 6.39. The monoisotopic (exact) mass is 542 g/mol. The molecule has 1 N–H and O–H groups in total. The number of hydrogen-bond acceptors (Lipinski definition) is 4. The fraction of sp³-hybridized carbons (Fsp3) is 0.400. The number of pyridine rings is 1. The molecule has 0 unspecified atom stereocenters. The van der Waals surface area contributed by atoms with Gasteiger partial charge in [0.2, 0.25) is 0 Å². The average Bonchev–Trinajstić information content (AvgIpc) is 3.50. The van der Waals surface area contributed by atoms with Gasteiger partial charge in [-0.2, -0.15) is 5.10 Å². The van der Waals surface area contributed by atoms with Crippen molar-refractivity contribution in [2.75, 3.05) is 4.90 Å². The van der Waals surface area contributed by atoms with Gasteiger partial charge < -0.3 is 5.11 Å². The van der Waals surface area contributed by atoms with Gasteiger partial charge in [0.05, 0.1) is 29.5 Å². The van der Waals surface area contributed by atoms with Crippen LogP contribution >= 0.6 is 22.6 Å². The molecule has 166 valence electrons. The summed E-state index contributed by atoms with van der Waals surface area (Å²) in [6.07, 6.45) is 4.54. The van der Waals surface area contributed by atoms with Gasteiger partial charge in [-0.05, 0) is 103 Å². The van der Waals surface area contributed by atoms with Gasteiger partial charge in [0.25, 0.3) is 0 Å². The minimum absolute atomic E-state index is 0.287. The molecule has 1 fully saturated rings. The van der Waals surface area contributed by atoms with Crippen molar-refractivity contribution in [3.63, 3.8) is 0 Å². The Labute approximate surface area is 202 Å². The number of carbonyl (C=O) groups excluding carboxylic acids is 1. The predicted molar refractivity (Wildman–Crippen MR) is 135 cm³/mol. The third kappa shape index (κ3) is 4.81. The lowest BCUT2D eigenvalue weighted by Gasteiger charge is -2.24. The average molecular weight is 542 g/mol. The Balaban J connectivity index is 1.84. The number of fused-ring (bicyclic) bond motifs is 1. The highest BCUT2D eigenvalue weighted by atomic mass is 127. The maximum Gasteiger partial charge on any atom is 0.308 e. The van der Waals surface area contributed by atoms with Crippen molar-refractivity contribution in [3.05, 3.63) is 45.2 Å². The Hall–Kier alpha value is -2.44. The van der Waals surface area contributed by atoms with Gasteiger partial charge >= 0.3 is 5.91 Å². The number of anilines is 2. The van der Waals surface area contributed by atoms with E-state index in [1.54, 1.807) is 29.6 Å². The molecule has 0 saturated heterocycles. The lowest BCUT2D eigenvalue weighted by Crippen LogP contribution is -2.27. The molecule has 1 saturated carbocycles. The zero-order valence-corrected chi connectivity index (χ0v) is 21.0. The second-order valence-electron chi connectivity index (χ2n) is 8.92. The van der Waals surface area contributed by atoms with Gasteiger partial charge in [-0.1, -0.05) is 12.8 Å². The first-order valence-electron chi connectivity index (χ1n) is 10.9. The molecule has 1 aliphatic rings. The van der Waals surface area contributed by atoms with E-state index in [4.69, 9.17) is 4.98 Å². The zero-order valence-electron chi connectivity index (χ0n) is 18.8. The number of hydrogen-bond donors (Lipinski definition) is 1. The Morgan fingerprint density at radius 3 is 2.75 bits per heavy atom.